The predicted octanol–water partition coefficient (Wildman–Crippen LogP) is 3.14. The molecule has 0 bridgehead atoms. The smallest absolute Gasteiger partial charge is 0.149 e. The quantitative estimate of drug-likeness (QED) is 0.851. The van der Waals surface area contributed by atoms with E-state index in [4.69, 9.17) is 10.5 Å². The van der Waals surface area contributed by atoms with E-state index in [9.17, 15) is 0 Å². The minimum atomic E-state index is 0.0129. The second kappa shape index (κ2) is 6.63. The van der Waals surface area contributed by atoms with E-state index in [0.29, 0.717) is 6.61 Å². The first kappa shape index (κ1) is 13.2. The molecule has 2 N–H and O–H groups in total. The Balaban J connectivity index is 1.93. The maximum atomic E-state index is 5.83. The summed E-state index contributed by atoms with van der Waals surface area (Å²) in [6, 6.07) is 17.7. The maximum absolute atomic E-state index is 5.83. The van der Waals surface area contributed by atoms with Gasteiger partial charge in [-0.3, -0.25) is 0 Å². The van der Waals surface area contributed by atoms with Crippen molar-refractivity contribution >= 4 is 0 Å². The SMILES string of the molecule is CC(N)c1cccc(OCC#Cc2ccccc2)c1. The molecule has 0 heterocycles. The average Bonchev–Trinajstić information content (AvgIpc) is 2.45. The average molecular weight is 251 g/mol. The van der Waals surface area contributed by atoms with Crippen LogP contribution in [0.2, 0.25) is 0 Å². The largest absolute Gasteiger partial charge is 0.481 e. The molecule has 0 saturated heterocycles. The highest BCUT2D eigenvalue weighted by Gasteiger charge is 2.00. The van der Waals surface area contributed by atoms with Crippen LogP contribution in [-0.2, 0) is 0 Å². The Morgan fingerprint density at radius 3 is 2.63 bits per heavy atom. The zero-order valence-electron chi connectivity index (χ0n) is 11.0. The number of ether oxygens (including phenoxy) is 1. The summed E-state index contributed by atoms with van der Waals surface area (Å²) in [6.45, 7) is 2.33. The molecule has 2 heteroatoms. The van der Waals surface area contributed by atoms with Gasteiger partial charge in [0.15, 0.2) is 0 Å². The molecule has 0 aliphatic carbocycles. The first-order valence-electron chi connectivity index (χ1n) is 6.28. The van der Waals surface area contributed by atoms with Crippen LogP contribution in [0.4, 0.5) is 0 Å². The number of nitrogens with two attached hydrogens (primary N) is 1. The first-order valence-corrected chi connectivity index (χ1v) is 6.28. The molecule has 0 aliphatic heterocycles. The van der Waals surface area contributed by atoms with Crippen molar-refractivity contribution in [3.63, 3.8) is 0 Å². The van der Waals surface area contributed by atoms with Gasteiger partial charge < -0.3 is 10.5 Å². The second-order valence-electron chi connectivity index (χ2n) is 4.32. The van der Waals surface area contributed by atoms with Crippen molar-refractivity contribution in [1.29, 1.82) is 0 Å². The molecule has 2 rings (SSSR count). The van der Waals surface area contributed by atoms with Crippen molar-refractivity contribution in [2.75, 3.05) is 6.61 Å². The lowest BCUT2D eigenvalue weighted by molar-refractivity contribution is 0.369. The molecule has 0 aliphatic rings. The number of rotatable bonds is 3. The second-order valence-corrected chi connectivity index (χ2v) is 4.32. The highest BCUT2D eigenvalue weighted by Crippen LogP contribution is 2.17. The van der Waals surface area contributed by atoms with Crippen LogP contribution < -0.4 is 10.5 Å². The molecule has 1 atom stereocenters. The summed E-state index contributed by atoms with van der Waals surface area (Å²) in [5.74, 6) is 6.85. The molecule has 0 radical (unpaired) electrons. The topological polar surface area (TPSA) is 35.2 Å². The highest BCUT2D eigenvalue weighted by atomic mass is 16.5. The Kier molecular flexibility index (Phi) is 4.60. The standard InChI is InChI=1S/C17H17NO/c1-14(18)16-10-5-11-17(13-16)19-12-6-9-15-7-3-2-4-8-15/h2-5,7-8,10-11,13-14H,12,18H2,1H3. The van der Waals surface area contributed by atoms with Gasteiger partial charge >= 0.3 is 0 Å². The van der Waals surface area contributed by atoms with Crippen LogP contribution >= 0.6 is 0 Å². The summed E-state index contributed by atoms with van der Waals surface area (Å²) in [7, 11) is 0. The van der Waals surface area contributed by atoms with Crippen LogP contribution in [0.3, 0.4) is 0 Å². The van der Waals surface area contributed by atoms with Crippen LogP contribution in [0.5, 0.6) is 5.75 Å². The van der Waals surface area contributed by atoms with Crippen LogP contribution in [0.15, 0.2) is 54.6 Å². The van der Waals surface area contributed by atoms with E-state index in [1.54, 1.807) is 0 Å². The van der Waals surface area contributed by atoms with E-state index in [1.807, 2.05) is 61.5 Å². The van der Waals surface area contributed by atoms with E-state index in [0.717, 1.165) is 16.9 Å². The fourth-order valence-corrected chi connectivity index (χ4v) is 1.67. The van der Waals surface area contributed by atoms with Gasteiger partial charge in [-0.2, -0.15) is 0 Å². The van der Waals surface area contributed by atoms with Crippen LogP contribution in [-0.4, -0.2) is 6.61 Å². The Morgan fingerprint density at radius 2 is 1.89 bits per heavy atom. The number of hydrogen-bond donors (Lipinski definition) is 1. The van der Waals surface area contributed by atoms with Crippen molar-refractivity contribution in [1.82, 2.24) is 0 Å². The van der Waals surface area contributed by atoms with Gasteiger partial charge in [0.05, 0.1) is 0 Å². The molecule has 1 unspecified atom stereocenters. The van der Waals surface area contributed by atoms with Gasteiger partial charge in [0.2, 0.25) is 0 Å². The van der Waals surface area contributed by atoms with Crippen LogP contribution in [0.25, 0.3) is 0 Å². The van der Waals surface area contributed by atoms with Crippen molar-refractivity contribution < 1.29 is 4.74 Å². The van der Waals surface area contributed by atoms with Crippen LogP contribution in [0.1, 0.15) is 24.1 Å². The minimum absolute atomic E-state index is 0.0129. The molecule has 2 aromatic carbocycles. The summed E-state index contributed by atoms with van der Waals surface area (Å²) in [5, 5.41) is 0. The van der Waals surface area contributed by atoms with Crippen molar-refractivity contribution in [2.45, 2.75) is 13.0 Å². The van der Waals surface area contributed by atoms with Crippen molar-refractivity contribution in [2.24, 2.45) is 5.73 Å². The molecule has 19 heavy (non-hydrogen) atoms. The van der Waals surface area contributed by atoms with E-state index < -0.39 is 0 Å². The lowest BCUT2D eigenvalue weighted by Gasteiger charge is -2.07. The summed E-state index contributed by atoms with van der Waals surface area (Å²) in [4.78, 5) is 0. The molecule has 0 fully saturated rings. The number of benzene rings is 2. The molecule has 2 aromatic rings. The Morgan fingerprint density at radius 1 is 1.11 bits per heavy atom. The summed E-state index contributed by atoms with van der Waals surface area (Å²) in [5.41, 5.74) is 7.89. The summed E-state index contributed by atoms with van der Waals surface area (Å²) < 4.78 is 5.59. The zero-order valence-corrected chi connectivity index (χ0v) is 11.0. The van der Waals surface area contributed by atoms with E-state index in [1.165, 1.54) is 0 Å². The van der Waals surface area contributed by atoms with Crippen molar-refractivity contribution in [3.8, 4) is 17.6 Å². The fourth-order valence-electron chi connectivity index (χ4n) is 1.67. The highest BCUT2D eigenvalue weighted by molar-refractivity contribution is 5.34. The number of hydrogen-bond acceptors (Lipinski definition) is 2. The Labute approximate surface area is 114 Å². The summed E-state index contributed by atoms with van der Waals surface area (Å²) in [6.07, 6.45) is 0. The molecule has 0 aromatic heterocycles. The zero-order chi connectivity index (χ0) is 13.5. The molecule has 96 valence electrons. The molecule has 0 saturated carbocycles. The molecule has 0 amide bonds. The third-order valence-corrected chi connectivity index (χ3v) is 2.70. The van der Waals surface area contributed by atoms with Gasteiger partial charge in [-0.1, -0.05) is 42.2 Å². The van der Waals surface area contributed by atoms with E-state index in [-0.39, 0.29) is 6.04 Å². The van der Waals surface area contributed by atoms with Gasteiger partial charge in [0.1, 0.15) is 12.4 Å². The Hall–Kier alpha value is -2.24. The van der Waals surface area contributed by atoms with Crippen molar-refractivity contribution in [3.05, 3.63) is 65.7 Å². The minimum Gasteiger partial charge on any atom is -0.481 e. The molecule has 0 spiro atoms. The van der Waals surface area contributed by atoms with Gasteiger partial charge in [-0.05, 0) is 36.8 Å². The lowest BCUT2D eigenvalue weighted by Crippen LogP contribution is -2.05. The summed E-state index contributed by atoms with van der Waals surface area (Å²) >= 11 is 0. The molecular weight excluding hydrogens is 234 g/mol. The third-order valence-electron chi connectivity index (χ3n) is 2.70. The first-order chi connectivity index (χ1) is 9.25. The van der Waals surface area contributed by atoms with Gasteiger partial charge in [0.25, 0.3) is 0 Å². The maximum Gasteiger partial charge on any atom is 0.149 e. The van der Waals surface area contributed by atoms with E-state index >= 15 is 0 Å². The normalized spacial score (nSPS) is 11.3. The third kappa shape index (κ3) is 4.17. The van der Waals surface area contributed by atoms with E-state index in [2.05, 4.69) is 11.8 Å². The van der Waals surface area contributed by atoms with Gasteiger partial charge in [-0.15, -0.1) is 0 Å². The fraction of sp³-hybridized carbons (Fsp3) is 0.176. The predicted molar refractivity (Wildman–Crippen MR) is 77.9 cm³/mol. The van der Waals surface area contributed by atoms with Gasteiger partial charge in [-0.25, -0.2) is 0 Å². The lowest BCUT2D eigenvalue weighted by atomic mass is 10.1. The monoisotopic (exact) mass is 251 g/mol. The van der Waals surface area contributed by atoms with Gasteiger partial charge in [0, 0.05) is 11.6 Å². The molecule has 2 nitrogen and oxygen atoms in total. The Bertz CT molecular complexity index is 579. The molecular formula is C17H17NO. The van der Waals surface area contributed by atoms with Crippen LogP contribution in [0, 0.1) is 11.8 Å².